The van der Waals surface area contributed by atoms with Gasteiger partial charge in [-0.2, -0.15) is 0 Å². The SMILES string of the molecule is CC[C@H](Oc1ccccc1C)C(=O)N[C@@H](C)COc1ccccc1C. The van der Waals surface area contributed by atoms with Gasteiger partial charge in [0.05, 0.1) is 6.04 Å². The van der Waals surface area contributed by atoms with E-state index in [0.717, 1.165) is 22.6 Å². The van der Waals surface area contributed by atoms with Gasteiger partial charge in [0, 0.05) is 0 Å². The minimum atomic E-state index is -0.512. The molecule has 0 aliphatic heterocycles. The highest BCUT2D eigenvalue weighted by Gasteiger charge is 2.21. The maximum Gasteiger partial charge on any atom is 0.261 e. The maximum atomic E-state index is 12.5. The van der Waals surface area contributed by atoms with Gasteiger partial charge in [-0.1, -0.05) is 43.3 Å². The highest BCUT2D eigenvalue weighted by molar-refractivity contribution is 5.81. The molecule has 1 N–H and O–H groups in total. The van der Waals surface area contributed by atoms with Crippen LogP contribution < -0.4 is 14.8 Å². The molecule has 2 atom stereocenters. The number of carbonyl (C=O) groups excluding carboxylic acids is 1. The van der Waals surface area contributed by atoms with Gasteiger partial charge in [-0.3, -0.25) is 4.79 Å². The van der Waals surface area contributed by atoms with Crippen LogP contribution in [0, 0.1) is 13.8 Å². The molecule has 0 unspecified atom stereocenters. The first-order valence-corrected chi connectivity index (χ1v) is 8.72. The normalized spacial score (nSPS) is 13.0. The van der Waals surface area contributed by atoms with Gasteiger partial charge in [0.25, 0.3) is 5.91 Å². The van der Waals surface area contributed by atoms with E-state index in [2.05, 4.69) is 5.32 Å². The summed E-state index contributed by atoms with van der Waals surface area (Å²) in [6.07, 6.45) is 0.0907. The minimum Gasteiger partial charge on any atom is -0.491 e. The number of nitrogens with one attached hydrogen (secondary N) is 1. The van der Waals surface area contributed by atoms with Gasteiger partial charge in [-0.05, 0) is 50.5 Å². The van der Waals surface area contributed by atoms with Crippen molar-refractivity contribution < 1.29 is 14.3 Å². The summed E-state index contributed by atoms with van der Waals surface area (Å²) in [5.41, 5.74) is 2.10. The zero-order chi connectivity index (χ0) is 18.2. The first-order valence-electron chi connectivity index (χ1n) is 8.72. The molecule has 0 fully saturated rings. The van der Waals surface area contributed by atoms with Crippen molar-refractivity contribution in [3.05, 3.63) is 59.7 Å². The smallest absolute Gasteiger partial charge is 0.261 e. The Balaban J connectivity index is 1.88. The average molecular weight is 341 g/mol. The second kappa shape index (κ2) is 9.11. The fourth-order valence-electron chi connectivity index (χ4n) is 2.47. The van der Waals surface area contributed by atoms with Crippen LogP contribution in [0.3, 0.4) is 0 Å². The number of hydrogen-bond donors (Lipinski definition) is 1. The molecule has 0 aliphatic carbocycles. The van der Waals surface area contributed by atoms with E-state index in [1.54, 1.807) is 0 Å². The molecule has 2 aromatic carbocycles. The largest absolute Gasteiger partial charge is 0.491 e. The number of ether oxygens (including phenoxy) is 2. The van der Waals surface area contributed by atoms with E-state index < -0.39 is 6.10 Å². The van der Waals surface area contributed by atoms with E-state index >= 15 is 0 Å². The Kier molecular flexibility index (Phi) is 6.87. The molecule has 4 heteroatoms. The van der Waals surface area contributed by atoms with Crippen molar-refractivity contribution in [2.75, 3.05) is 6.61 Å². The topological polar surface area (TPSA) is 47.6 Å². The van der Waals surface area contributed by atoms with Crippen LogP contribution in [0.5, 0.6) is 11.5 Å². The van der Waals surface area contributed by atoms with Crippen molar-refractivity contribution in [1.82, 2.24) is 5.32 Å². The lowest BCUT2D eigenvalue weighted by molar-refractivity contribution is -0.129. The molecule has 0 aromatic heterocycles. The average Bonchev–Trinajstić information content (AvgIpc) is 2.60. The van der Waals surface area contributed by atoms with Gasteiger partial charge in [-0.25, -0.2) is 0 Å². The number of benzene rings is 2. The Morgan fingerprint density at radius 2 is 1.56 bits per heavy atom. The first-order chi connectivity index (χ1) is 12.0. The molecule has 4 nitrogen and oxygen atoms in total. The van der Waals surface area contributed by atoms with Crippen LogP contribution in [0.4, 0.5) is 0 Å². The molecular weight excluding hydrogens is 314 g/mol. The van der Waals surface area contributed by atoms with Crippen LogP contribution >= 0.6 is 0 Å². The van der Waals surface area contributed by atoms with E-state index in [-0.39, 0.29) is 11.9 Å². The Labute approximate surface area is 150 Å². The molecule has 2 aromatic rings. The summed E-state index contributed by atoms with van der Waals surface area (Å²) in [5, 5.41) is 2.97. The fraction of sp³-hybridized carbons (Fsp3) is 0.381. The standard InChI is InChI=1S/C21H27NO3/c1-5-18(25-20-13-9-7-11-16(20)3)21(23)22-17(4)14-24-19-12-8-6-10-15(19)2/h6-13,17-18H,5,14H2,1-4H3,(H,22,23)/t17-,18-/m0/s1. The number of aryl methyl sites for hydroxylation is 2. The molecule has 0 saturated heterocycles. The highest BCUT2D eigenvalue weighted by Crippen LogP contribution is 2.19. The van der Waals surface area contributed by atoms with Gasteiger partial charge in [-0.15, -0.1) is 0 Å². The third-order valence-corrected chi connectivity index (χ3v) is 4.00. The molecular formula is C21H27NO3. The minimum absolute atomic E-state index is 0.110. The summed E-state index contributed by atoms with van der Waals surface area (Å²) in [7, 11) is 0. The van der Waals surface area contributed by atoms with Crippen LogP contribution in [0.1, 0.15) is 31.4 Å². The van der Waals surface area contributed by atoms with Gasteiger partial charge >= 0.3 is 0 Å². The van der Waals surface area contributed by atoms with Crippen LogP contribution in [-0.2, 0) is 4.79 Å². The first kappa shape index (κ1) is 18.8. The van der Waals surface area contributed by atoms with E-state index in [9.17, 15) is 4.79 Å². The van der Waals surface area contributed by atoms with Crippen molar-refractivity contribution in [1.29, 1.82) is 0 Å². The predicted molar refractivity (Wildman–Crippen MR) is 100 cm³/mol. The molecule has 0 spiro atoms. The Bertz CT molecular complexity index is 699. The molecule has 0 bridgehead atoms. The predicted octanol–water partition coefficient (Wildman–Crippen LogP) is 4.04. The lowest BCUT2D eigenvalue weighted by Gasteiger charge is -2.21. The van der Waals surface area contributed by atoms with Gasteiger partial charge < -0.3 is 14.8 Å². The van der Waals surface area contributed by atoms with E-state index in [1.807, 2.05) is 76.2 Å². The monoisotopic (exact) mass is 341 g/mol. The summed E-state index contributed by atoms with van der Waals surface area (Å²) >= 11 is 0. The number of hydrogen-bond acceptors (Lipinski definition) is 3. The third kappa shape index (κ3) is 5.52. The lowest BCUT2D eigenvalue weighted by Crippen LogP contribution is -2.44. The van der Waals surface area contributed by atoms with Crippen LogP contribution in [0.25, 0.3) is 0 Å². The fourth-order valence-corrected chi connectivity index (χ4v) is 2.47. The third-order valence-electron chi connectivity index (χ3n) is 4.00. The van der Waals surface area contributed by atoms with Crippen molar-refractivity contribution in [2.45, 2.75) is 46.3 Å². The molecule has 0 aliphatic rings. The summed E-state index contributed by atoms with van der Waals surface area (Å²) in [4.78, 5) is 12.5. The van der Waals surface area contributed by atoms with Crippen LogP contribution in [0.2, 0.25) is 0 Å². The van der Waals surface area contributed by atoms with Gasteiger partial charge in [0.15, 0.2) is 6.10 Å². The van der Waals surface area contributed by atoms with Crippen molar-refractivity contribution >= 4 is 5.91 Å². The van der Waals surface area contributed by atoms with Crippen LogP contribution in [-0.4, -0.2) is 24.7 Å². The number of para-hydroxylation sites is 2. The van der Waals surface area contributed by atoms with Gasteiger partial charge in [0.1, 0.15) is 18.1 Å². The number of carbonyl (C=O) groups is 1. The van der Waals surface area contributed by atoms with Crippen molar-refractivity contribution in [3.63, 3.8) is 0 Å². The van der Waals surface area contributed by atoms with Crippen molar-refractivity contribution in [2.24, 2.45) is 0 Å². The van der Waals surface area contributed by atoms with Crippen molar-refractivity contribution in [3.8, 4) is 11.5 Å². The summed E-state index contributed by atoms with van der Waals surface area (Å²) in [6.45, 7) is 8.26. The summed E-state index contributed by atoms with van der Waals surface area (Å²) in [5.74, 6) is 1.46. The summed E-state index contributed by atoms with van der Waals surface area (Å²) < 4.78 is 11.7. The number of amides is 1. The van der Waals surface area contributed by atoms with Crippen LogP contribution in [0.15, 0.2) is 48.5 Å². The molecule has 134 valence electrons. The molecule has 0 saturated carbocycles. The molecule has 1 amide bonds. The molecule has 25 heavy (non-hydrogen) atoms. The maximum absolute atomic E-state index is 12.5. The molecule has 0 radical (unpaired) electrons. The second-order valence-corrected chi connectivity index (χ2v) is 6.27. The van der Waals surface area contributed by atoms with Gasteiger partial charge in [0.2, 0.25) is 0 Å². The Morgan fingerprint density at radius 3 is 2.12 bits per heavy atom. The highest BCUT2D eigenvalue weighted by atomic mass is 16.5. The summed E-state index contributed by atoms with van der Waals surface area (Å²) in [6, 6.07) is 15.5. The molecule has 0 heterocycles. The second-order valence-electron chi connectivity index (χ2n) is 6.27. The van der Waals surface area contributed by atoms with E-state index in [4.69, 9.17) is 9.47 Å². The zero-order valence-corrected chi connectivity index (χ0v) is 15.4. The molecule has 2 rings (SSSR count). The Hall–Kier alpha value is -2.49. The lowest BCUT2D eigenvalue weighted by atomic mass is 10.2. The van der Waals surface area contributed by atoms with E-state index in [0.29, 0.717) is 13.0 Å². The quantitative estimate of drug-likeness (QED) is 0.788. The number of rotatable bonds is 8. The Morgan fingerprint density at radius 1 is 1.00 bits per heavy atom. The van der Waals surface area contributed by atoms with E-state index in [1.165, 1.54) is 0 Å². The zero-order valence-electron chi connectivity index (χ0n) is 15.4.